The predicted molar refractivity (Wildman–Crippen MR) is 242 cm³/mol. The van der Waals surface area contributed by atoms with E-state index in [4.69, 9.17) is 11.1 Å². The summed E-state index contributed by atoms with van der Waals surface area (Å²) < 4.78 is 0. The van der Waals surface area contributed by atoms with Gasteiger partial charge in [0.15, 0.2) is 0 Å². The van der Waals surface area contributed by atoms with Gasteiger partial charge < -0.3 is 0 Å². The smallest absolute Gasteiger partial charge is 0.149 e. The molecule has 47 heavy (non-hydrogen) atoms. The molecule has 0 spiro atoms. The molecule has 0 bridgehead atoms. The minimum absolute atomic E-state index is 1.48. The summed E-state index contributed by atoms with van der Waals surface area (Å²) in [6, 6.07) is 16.0. The number of aryl methyl sites for hydroxylation is 3. The maximum Gasteiger partial charge on any atom is 0.247 e. The molecular formula is C39H69ClSi7. The van der Waals surface area contributed by atoms with Crippen LogP contribution in [0.1, 0.15) is 16.7 Å². The third-order valence-corrected chi connectivity index (χ3v) is 28.7. The average Bonchev–Trinajstić information content (AvgIpc) is 2.83. The molecule has 0 aliphatic heterocycles. The lowest BCUT2D eigenvalue weighted by atomic mass is 10.2. The van der Waals surface area contributed by atoms with Crippen molar-refractivity contribution >= 4 is 114 Å². The number of hydrogen-bond acceptors (Lipinski definition) is 0. The van der Waals surface area contributed by atoms with Gasteiger partial charge in [-0.15, -0.1) is 11.1 Å². The highest BCUT2D eigenvalue weighted by atomic mass is 35.6. The molecule has 0 nitrogen and oxygen atoms in total. The van der Waals surface area contributed by atoms with E-state index in [0.29, 0.717) is 0 Å². The zero-order chi connectivity index (χ0) is 36.7. The van der Waals surface area contributed by atoms with Gasteiger partial charge in [-0.05, 0) is 36.3 Å². The zero-order valence-electron chi connectivity index (χ0n) is 34.3. The standard InChI is InChI=1S/C39H69ClSi7/c1-28-22-34(44(13,14)15)37(25-31(28)41(4,5)6)47(40,38-26-32(42(7,8)9)29(2)23-35(38)45(16,17)18)39-27-33(43(10,11)12)30(3)24-36(39)46(19,20)21/h22-27H,1-21H3. The highest BCUT2D eigenvalue weighted by Gasteiger charge is 2.48. The lowest BCUT2D eigenvalue weighted by molar-refractivity contribution is 1.49. The van der Waals surface area contributed by atoms with Crippen LogP contribution in [0.15, 0.2) is 36.4 Å². The van der Waals surface area contributed by atoms with Gasteiger partial charge in [0.25, 0.3) is 0 Å². The largest absolute Gasteiger partial charge is 0.247 e. The van der Waals surface area contributed by atoms with Crippen LogP contribution < -0.4 is 46.7 Å². The first-order valence-corrected chi connectivity index (χ1v) is 41.9. The second-order valence-electron chi connectivity index (χ2n) is 20.8. The van der Waals surface area contributed by atoms with Crippen LogP contribution in [0.2, 0.25) is 118 Å². The van der Waals surface area contributed by atoms with E-state index in [9.17, 15) is 0 Å². The zero-order valence-corrected chi connectivity index (χ0v) is 42.1. The Balaban J connectivity index is 2.92. The minimum Gasteiger partial charge on any atom is -0.149 e. The molecule has 3 rings (SSSR count). The van der Waals surface area contributed by atoms with Crippen molar-refractivity contribution in [2.24, 2.45) is 0 Å². The topological polar surface area (TPSA) is 0 Å². The summed E-state index contributed by atoms with van der Waals surface area (Å²) in [5.74, 6) is 0. The van der Waals surface area contributed by atoms with Gasteiger partial charge in [0.1, 0.15) is 0 Å². The second-order valence-corrected chi connectivity index (χ2v) is 55.7. The Morgan fingerprint density at radius 1 is 0.277 bits per heavy atom. The molecule has 0 aliphatic carbocycles. The van der Waals surface area contributed by atoms with E-state index in [1.807, 2.05) is 0 Å². The molecule has 0 atom stereocenters. The third-order valence-electron chi connectivity index (χ3n) is 10.1. The van der Waals surface area contributed by atoms with Gasteiger partial charge >= 0.3 is 0 Å². The molecule has 0 aromatic heterocycles. The lowest BCUT2D eigenvalue weighted by Crippen LogP contribution is -2.78. The Bertz CT molecular complexity index is 1470. The summed E-state index contributed by atoms with van der Waals surface area (Å²) in [5, 5.41) is 14.1. The van der Waals surface area contributed by atoms with E-state index < -0.39 is 55.8 Å². The molecule has 0 saturated carbocycles. The van der Waals surface area contributed by atoms with E-state index >= 15 is 0 Å². The lowest BCUT2D eigenvalue weighted by Gasteiger charge is -2.41. The van der Waals surface area contributed by atoms with E-state index in [0.717, 1.165) is 0 Å². The first-order valence-electron chi connectivity index (χ1n) is 17.9. The van der Waals surface area contributed by atoms with E-state index in [2.05, 4.69) is 175 Å². The number of benzene rings is 3. The predicted octanol–water partition coefficient (Wildman–Crippen LogP) is 7.09. The Labute approximate surface area is 303 Å². The molecule has 0 N–H and O–H groups in total. The Kier molecular flexibility index (Phi) is 11.2. The summed E-state index contributed by atoms with van der Waals surface area (Å²) >= 11 is 9.12. The van der Waals surface area contributed by atoms with Crippen molar-refractivity contribution < 1.29 is 0 Å². The first-order chi connectivity index (χ1) is 20.7. The third kappa shape index (κ3) is 8.34. The molecule has 3 aromatic carbocycles. The van der Waals surface area contributed by atoms with Gasteiger partial charge in [0.2, 0.25) is 7.38 Å². The van der Waals surface area contributed by atoms with Crippen LogP contribution in [0.3, 0.4) is 0 Å². The molecule has 260 valence electrons. The van der Waals surface area contributed by atoms with Gasteiger partial charge in [0, 0.05) is 0 Å². The molecule has 0 heterocycles. The van der Waals surface area contributed by atoms with Crippen LogP contribution in [-0.2, 0) is 0 Å². The first kappa shape index (κ1) is 40.9. The van der Waals surface area contributed by atoms with Crippen LogP contribution >= 0.6 is 11.1 Å². The average molecular weight is 770 g/mol. The molecule has 0 saturated heterocycles. The normalized spacial score (nSPS) is 14.2. The van der Waals surface area contributed by atoms with Gasteiger partial charge in [-0.25, -0.2) is 0 Å². The van der Waals surface area contributed by atoms with E-state index in [1.54, 1.807) is 31.1 Å². The highest BCUT2D eigenvalue weighted by molar-refractivity contribution is 7.43. The maximum atomic E-state index is 9.12. The van der Waals surface area contributed by atoms with Gasteiger partial charge in [-0.1, -0.05) is 202 Å². The van der Waals surface area contributed by atoms with Gasteiger partial charge in [-0.2, -0.15) is 0 Å². The van der Waals surface area contributed by atoms with Crippen molar-refractivity contribution in [1.29, 1.82) is 0 Å². The fraction of sp³-hybridized carbons (Fsp3) is 0.538. The summed E-state index contributed by atoms with van der Waals surface area (Å²) in [7, 11) is -13.5. The Hall–Kier alpha value is -0.532. The Morgan fingerprint density at radius 2 is 0.447 bits per heavy atom. The summed E-state index contributed by atoms with van der Waals surface area (Å²) in [5.41, 5.74) is 4.44. The summed E-state index contributed by atoms with van der Waals surface area (Å²) in [4.78, 5) is 0. The van der Waals surface area contributed by atoms with Crippen molar-refractivity contribution in [1.82, 2.24) is 0 Å². The summed E-state index contributed by atoms with van der Waals surface area (Å²) in [6.07, 6.45) is 0. The fourth-order valence-corrected chi connectivity index (χ4v) is 28.6. The minimum atomic E-state index is -3.10. The fourth-order valence-electron chi connectivity index (χ4n) is 7.70. The quantitative estimate of drug-likeness (QED) is 0.124. The molecule has 0 amide bonds. The monoisotopic (exact) mass is 768 g/mol. The number of rotatable bonds is 9. The van der Waals surface area contributed by atoms with Crippen molar-refractivity contribution in [2.45, 2.75) is 139 Å². The number of hydrogen-bond donors (Lipinski definition) is 0. The number of halogens is 1. The van der Waals surface area contributed by atoms with Crippen LogP contribution in [0, 0.1) is 20.8 Å². The van der Waals surface area contributed by atoms with Gasteiger partial charge in [-0.3, -0.25) is 0 Å². The molecular weight excluding hydrogens is 700 g/mol. The van der Waals surface area contributed by atoms with E-state index in [1.165, 1.54) is 32.3 Å². The van der Waals surface area contributed by atoms with Crippen LogP contribution in [0.5, 0.6) is 0 Å². The van der Waals surface area contributed by atoms with Gasteiger partial charge in [0.05, 0.1) is 48.4 Å². The molecule has 0 aliphatic rings. The highest BCUT2D eigenvalue weighted by Crippen LogP contribution is 2.20. The molecule has 0 fully saturated rings. The van der Waals surface area contributed by atoms with Crippen LogP contribution in [0.25, 0.3) is 0 Å². The van der Waals surface area contributed by atoms with Crippen molar-refractivity contribution in [3.05, 3.63) is 53.1 Å². The molecule has 0 radical (unpaired) electrons. The maximum absolute atomic E-state index is 9.12. The molecule has 8 heteroatoms. The summed E-state index contributed by atoms with van der Waals surface area (Å²) in [6.45, 7) is 52.8. The van der Waals surface area contributed by atoms with E-state index in [-0.39, 0.29) is 0 Å². The van der Waals surface area contributed by atoms with Crippen molar-refractivity contribution in [3.8, 4) is 0 Å². The SMILES string of the molecule is Cc1cc([Si](C)(C)C)c([Si](Cl)(c2cc([Si](C)(C)C)c(C)cc2[Si](C)(C)C)c2cc([Si](C)(C)C)c(C)cc2[Si](C)(C)C)cc1[Si](C)(C)C. The second kappa shape index (κ2) is 12.9. The molecule has 3 aromatic rings. The molecule has 0 unspecified atom stereocenters. The van der Waals surface area contributed by atoms with Crippen molar-refractivity contribution in [3.63, 3.8) is 0 Å². The van der Waals surface area contributed by atoms with Crippen LogP contribution in [-0.4, -0.2) is 55.8 Å². The Morgan fingerprint density at radius 3 is 0.596 bits per heavy atom. The van der Waals surface area contributed by atoms with Crippen molar-refractivity contribution in [2.75, 3.05) is 0 Å². The van der Waals surface area contributed by atoms with Crippen LogP contribution in [0.4, 0.5) is 0 Å².